The van der Waals surface area contributed by atoms with Crippen LogP contribution >= 0.6 is 23.1 Å². The predicted octanol–water partition coefficient (Wildman–Crippen LogP) is 5.88. The van der Waals surface area contributed by atoms with E-state index < -0.39 is 0 Å². The number of aromatic nitrogens is 4. The molecule has 0 saturated heterocycles. The van der Waals surface area contributed by atoms with E-state index in [9.17, 15) is 4.79 Å². The molecule has 0 saturated carbocycles. The Morgan fingerprint density at radius 3 is 2.75 bits per heavy atom. The summed E-state index contributed by atoms with van der Waals surface area (Å²) in [6.45, 7) is 7.84. The summed E-state index contributed by atoms with van der Waals surface area (Å²) in [6.07, 6.45) is 2.59. The van der Waals surface area contributed by atoms with E-state index in [2.05, 4.69) is 55.2 Å². The van der Waals surface area contributed by atoms with E-state index >= 15 is 0 Å². The van der Waals surface area contributed by atoms with Crippen LogP contribution in [-0.2, 0) is 17.0 Å². The Morgan fingerprint density at radius 2 is 2.00 bits per heavy atom. The topological polar surface area (TPSA) is 63.9 Å². The molecule has 0 bridgehead atoms. The fraction of sp³-hybridized carbons (Fsp3) is 0.250. The van der Waals surface area contributed by atoms with Gasteiger partial charge in [0.25, 0.3) is 0 Å². The van der Waals surface area contributed by atoms with Crippen molar-refractivity contribution >= 4 is 39.8 Å². The molecule has 164 valence electrons. The van der Waals surface area contributed by atoms with Crippen molar-refractivity contribution in [1.29, 1.82) is 0 Å². The maximum Gasteiger partial charge on any atom is 0.230 e. The van der Waals surface area contributed by atoms with Crippen LogP contribution in [0.4, 0.5) is 10.8 Å². The minimum Gasteiger partial charge on any atom is -0.276 e. The zero-order valence-electron chi connectivity index (χ0n) is 18.6. The van der Waals surface area contributed by atoms with Gasteiger partial charge < -0.3 is 0 Å². The Morgan fingerprint density at radius 1 is 1.19 bits per heavy atom. The van der Waals surface area contributed by atoms with Crippen molar-refractivity contribution in [3.63, 3.8) is 0 Å². The summed E-state index contributed by atoms with van der Waals surface area (Å²) in [5.41, 5.74) is 6.39. The second-order valence-electron chi connectivity index (χ2n) is 7.52. The number of thioether (sulfide) groups is 1. The number of carbonyl (C=O) groups is 1. The first-order valence-electron chi connectivity index (χ1n) is 10.4. The number of hydrogen-bond donors (Lipinski definition) is 0. The molecule has 2 heterocycles. The molecule has 0 N–H and O–H groups in total. The van der Waals surface area contributed by atoms with Crippen LogP contribution in [0.3, 0.4) is 0 Å². The Hall–Kier alpha value is -2.97. The molecule has 4 aromatic rings. The molecule has 8 heteroatoms. The SMILES string of the molecule is CCc1ccccc1N(C(C)=O)c1nc(CSc2nncn2-c2ccc(C)cc2C)cs1. The maximum absolute atomic E-state index is 12.5. The molecule has 6 nitrogen and oxygen atoms in total. The molecule has 0 atom stereocenters. The summed E-state index contributed by atoms with van der Waals surface area (Å²) in [4.78, 5) is 19.0. The lowest BCUT2D eigenvalue weighted by molar-refractivity contribution is -0.115. The zero-order chi connectivity index (χ0) is 22.7. The number of carbonyl (C=O) groups excluding carboxylic acids is 1. The van der Waals surface area contributed by atoms with Gasteiger partial charge in [-0.05, 0) is 43.5 Å². The molecule has 0 aliphatic carbocycles. The average molecular weight is 464 g/mol. The summed E-state index contributed by atoms with van der Waals surface area (Å²) in [5.74, 6) is 0.593. The molecule has 0 radical (unpaired) electrons. The summed E-state index contributed by atoms with van der Waals surface area (Å²) in [7, 11) is 0. The van der Waals surface area contributed by atoms with Crippen LogP contribution in [0.1, 0.15) is 36.2 Å². The van der Waals surface area contributed by atoms with E-state index in [1.54, 1.807) is 29.9 Å². The second kappa shape index (κ2) is 9.67. The van der Waals surface area contributed by atoms with E-state index in [0.29, 0.717) is 10.9 Å². The molecule has 0 aliphatic heterocycles. The first-order chi connectivity index (χ1) is 15.5. The minimum absolute atomic E-state index is 0.0472. The van der Waals surface area contributed by atoms with Gasteiger partial charge in [-0.2, -0.15) is 0 Å². The van der Waals surface area contributed by atoms with Crippen molar-refractivity contribution in [1.82, 2.24) is 19.7 Å². The number of aryl methyl sites for hydroxylation is 3. The van der Waals surface area contributed by atoms with Crippen molar-refractivity contribution in [3.8, 4) is 5.69 Å². The highest BCUT2D eigenvalue weighted by Gasteiger charge is 2.20. The average Bonchev–Trinajstić information content (AvgIpc) is 3.42. The number of anilines is 2. The summed E-state index contributed by atoms with van der Waals surface area (Å²) in [6, 6.07) is 14.3. The molecule has 32 heavy (non-hydrogen) atoms. The third-order valence-corrected chi connectivity index (χ3v) is 6.99. The molecule has 2 aromatic carbocycles. The van der Waals surface area contributed by atoms with Gasteiger partial charge in [-0.1, -0.05) is 54.6 Å². The van der Waals surface area contributed by atoms with E-state index in [0.717, 1.165) is 34.2 Å². The van der Waals surface area contributed by atoms with Crippen LogP contribution in [0.2, 0.25) is 0 Å². The normalized spacial score (nSPS) is 11.0. The van der Waals surface area contributed by atoms with Gasteiger partial charge in [0.2, 0.25) is 5.91 Å². The molecule has 4 rings (SSSR count). The predicted molar refractivity (Wildman–Crippen MR) is 131 cm³/mol. The van der Waals surface area contributed by atoms with Crippen molar-refractivity contribution in [3.05, 3.63) is 76.6 Å². The first-order valence-corrected chi connectivity index (χ1v) is 12.3. The molecule has 0 fully saturated rings. The number of para-hydroxylation sites is 1. The fourth-order valence-electron chi connectivity index (χ4n) is 3.60. The molecule has 1 amide bonds. The first kappa shape index (κ1) is 22.2. The van der Waals surface area contributed by atoms with Crippen LogP contribution in [0.15, 0.2) is 59.3 Å². The van der Waals surface area contributed by atoms with Crippen molar-refractivity contribution in [2.45, 2.75) is 45.0 Å². The van der Waals surface area contributed by atoms with E-state index in [-0.39, 0.29) is 5.91 Å². The summed E-state index contributed by atoms with van der Waals surface area (Å²) >= 11 is 3.06. The standard InChI is InChI=1S/C24H25N5OS2/c1-5-19-8-6-7-9-22(19)29(18(4)30)23-26-20(13-31-23)14-32-24-27-25-15-28(24)21-11-10-16(2)12-17(21)3/h6-13,15H,5,14H2,1-4H3. The molecule has 2 aromatic heterocycles. The van der Waals surface area contributed by atoms with Crippen LogP contribution in [0.5, 0.6) is 0 Å². The lowest BCUT2D eigenvalue weighted by Crippen LogP contribution is -2.23. The number of hydrogen-bond acceptors (Lipinski definition) is 6. The van der Waals surface area contributed by atoms with Gasteiger partial charge in [0.15, 0.2) is 10.3 Å². The summed E-state index contributed by atoms with van der Waals surface area (Å²) < 4.78 is 2.01. The van der Waals surface area contributed by atoms with E-state index in [1.165, 1.54) is 22.5 Å². The van der Waals surface area contributed by atoms with Crippen molar-refractivity contribution in [2.24, 2.45) is 0 Å². The highest BCUT2D eigenvalue weighted by Crippen LogP contribution is 2.33. The number of nitrogens with zero attached hydrogens (tertiary/aromatic N) is 5. The highest BCUT2D eigenvalue weighted by molar-refractivity contribution is 7.98. The second-order valence-corrected chi connectivity index (χ2v) is 9.30. The monoisotopic (exact) mass is 463 g/mol. The third-order valence-electron chi connectivity index (χ3n) is 5.14. The van der Waals surface area contributed by atoms with Crippen LogP contribution in [0.25, 0.3) is 5.69 Å². The number of benzene rings is 2. The highest BCUT2D eigenvalue weighted by atomic mass is 32.2. The number of thiazole rings is 1. The zero-order valence-corrected chi connectivity index (χ0v) is 20.2. The largest absolute Gasteiger partial charge is 0.276 e. The van der Waals surface area contributed by atoms with E-state index in [4.69, 9.17) is 4.98 Å². The Kier molecular flexibility index (Phi) is 6.72. The molecule has 0 spiro atoms. The Balaban J connectivity index is 1.54. The van der Waals surface area contributed by atoms with Gasteiger partial charge >= 0.3 is 0 Å². The van der Waals surface area contributed by atoms with Crippen molar-refractivity contribution < 1.29 is 4.79 Å². The van der Waals surface area contributed by atoms with E-state index in [1.807, 2.05) is 28.1 Å². The van der Waals surface area contributed by atoms with Gasteiger partial charge in [-0.25, -0.2) is 4.98 Å². The van der Waals surface area contributed by atoms with Crippen molar-refractivity contribution in [2.75, 3.05) is 4.90 Å². The Labute approximate surface area is 196 Å². The molecule has 0 unspecified atom stereocenters. The molecule has 0 aliphatic rings. The quantitative estimate of drug-likeness (QED) is 0.320. The Bertz CT molecular complexity index is 1250. The van der Waals surface area contributed by atoms with Gasteiger partial charge in [-0.15, -0.1) is 21.5 Å². The van der Waals surface area contributed by atoms with Gasteiger partial charge in [-0.3, -0.25) is 14.3 Å². The van der Waals surface area contributed by atoms with Crippen LogP contribution in [0, 0.1) is 13.8 Å². The van der Waals surface area contributed by atoms with Crippen LogP contribution in [-0.4, -0.2) is 25.7 Å². The van der Waals surface area contributed by atoms with Gasteiger partial charge in [0.05, 0.1) is 17.1 Å². The van der Waals surface area contributed by atoms with Gasteiger partial charge in [0, 0.05) is 18.1 Å². The maximum atomic E-state index is 12.5. The van der Waals surface area contributed by atoms with Gasteiger partial charge in [0.1, 0.15) is 6.33 Å². The summed E-state index contributed by atoms with van der Waals surface area (Å²) in [5, 5.41) is 11.9. The molecular formula is C24H25N5OS2. The lowest BCUT2D eigenvalue weighted by Gasteiger charge is -2.20. The fourth-order valence-corrected chi connectivity index (χ4v) is 5.40. The molecular weight excluding hydrogens is 438 g/mol. The smallest absolute Gasteiger partial charge is 0.230 e. The third kappa shape index (κ3) is 4.61. The number of amides is 1. The lowest BCUT2D eigenvalue weighted by atomic mass is 10.1. The minimum atomic E-state index is -0.0472. The number of rotatable bonds is 7. The van der Waals surface area contributed by atoms with Crippen LogP contribution < -0.4 is 4.90 Å².